The van der Waals surface area contributed by atoms with E-state index in [2.05, 4.69) is 327 Å². The molecule has 0 amide bonds. The number of para-hydroxylation sites is 1. The Kier molecular flexibility index (Phi) is 12.0. The molecule has 1 aliphatic carbocycles. The zero-order valence-corrected chi connectivity index (χ0v) is 51.3. The lowest BCUT2D eigenvalue weighted by Crippen LogP contribution is -2.61. The van der Waals surface area contributed by atoms with E-state index in [4.69, 9.17) is 4.42 Å². The monoisotopic (exact) mass is 1110 g/mol. The van der Waals surface area contributed by atoms with E-state index in [1.807, 2.05) is 0 Å². The molecular formula is C81H72BN3O. The zero-order valence-electron chi connectivity index (χ0n) is 51.3. The first-order chi connectivity index (χ1) is 41.3. The van der Waals surface area contributed by atoms with Crippen LogP contribution in [0.1, 0.15) is 104 Å². The van der Waals surface area contributed by atoms with Gasteiger partial charge in [0.1, 0.15) is 11.2 Å². The highest BCUT2D eigenvalue weighted by atomic mass is 16.3. The second-order valence-electron chi connectivity index (χ2n) is 27.8. The van der Waals surface area contributed by atoms with E-state index in [1.54, 1.807) is 0 Å². The maximum absolute atomic E-state index is 7.35. The minimum absolute atomic E-state index is 0.0258. The van der Waals surface area contributed by atoms with Gasteiger partial charge in [-0.2, -0.15) is 0 Å². The number of hydrogen-bond donors (Lipinski definition) is 0. The van der Waals surface area contributed by atoms with Gasteiger partial charge in [0.2, 0.25) is 0 Å². The molecular weight excluding hydrogens is 1040 g/mol. The molecule has 420 valence electrons. The summed E-state index contributed by atoms with van der Waals surface area (Å²) in [4.78, 5) is 7.67. The third-order valence-electron chi connectivity index (χ3n) is 18.9. The van der Waals surface area contributed by atoms with Crippen LogP contribution in [-0.4, -0.2) is 6.85 Å². The van der Waals surface area contributed by atoms with Gasteiger partial charge >= 0.3 is 6.85 Å². The number of fused-ring (bicyclic) bond motifs is 11. The van der Waals surface area contributed by atoms with Gasteiger partial charge in [0.05, 0.1) is 0 Å². The Bertz CT molecular complexity index is 4580. The lowest BCUT2D eigenvalue weighted by Gasteiger charge is -2.46. The fraction of sp³-hybridized carbons (Fsp3) is 0.185. The summed E-state index contributed by atoms with van der Waals surface area (Å²) in [7, 11) is 0. The van der Waals surface area contributed by atoms with Crippen molar-refractivity contribution in [3.63, 3.8) is 0 Å². The van der Waals surface area contributed by atoms with Crippen LogP contribution in [0.2, 0.25) is 0 Å². The maximum Gasteiger partial charge on any atom is 0.333 e. The van der Waals surface area contributed by atoms with Gasteiger partial charge in [-0.25, -0.2) is 0 Å². The number of benzene rings is 11. The van der Waals surface area contributed by atoms with Crippen molar-refractivity contribution in [1.29, 1.82) is 0 Å². The van der Waals surface area contributed by atoms with Crippen LogP contribution in [0.4, 0.5) is 45.5 Å². The van der Waals surface area contributed by atoms with Crippen LogP contribution in [-0.2, 0) is 21.7 Å². The highest BCUT2D eigenvalue weighted by molar-refractivity contribution is 6.94. The molecule has 0 unspecified atom stereocenters. The molecule has 3 aliphatic rings. The Hall–Kier alpha value is -9.32. The van der Waals surface area contributed by atoms with Crippen molar-refractivity contribution in [1.82, 2.24) is 0 Å². The summed E-state index contributed by atoms with van der Waals surface area (Å²) in [6.45, 7) is 25.3. The van der Waals surface area contributed by atoms with Crippen molar-refractivity contribution < 1.29 is 4.42 Å². The van der Waals surface area contributed by atoms with Crippen LogP contribution in [0.3, 0.4) is 0 Å². The molecule has 0 radical (unpaired) electrons. The number of hydrogen-bond acceptors (Lipinski definition) is 4. The Morgan fingerprint density at radius 3 is 1.51 bits per heavy atom. The van der Waals surface area contributed by atoms with E-state index in [9.17, 15) is 0 Å². The summed E-state index contributed by atoms with van der Waals surface area (Å²) in [5.41, 5.74) is 29.1. The van der Waals surface area contributed by atoms with Gasteiger partial charge in [0, 0.05) is 72.8 Å². The van der Waals surface area contributed by atoms with Crippen molar-refractivity contribution in [2.45, 2.75) is 97.8 Å². The number of furan rings is 1. The van der Waals surface area contributed by atoms with Crippen molar-refractivity contribution in [3.05, 3.63) is 264 Å². The van der Waals surface area contributed by atoms with Crippen molar-refractivity contribution in [2.75, 3.05) is 14.6 Å². The van der Waals surface area contributed by atoms with Gasteiger partial charge in [-0.1, -0.05) is 222 Å². The summed E-state index contributed by atoms with van der Waals surface area (Å²) >= 11 is 0. The normalized spacial score (nSPS) is 14.0. The third-order valence-corrected chi connectivity index (χ3v) is 18.9. The third kappa shape index (κ3) is 8.56. The van der Waals surface area contributed by atoms with Gasteiger partial charge < -0.3 is 19.0 Å². The highest BCUT2D eigenvalue weighted by Crippen LogP contribution is 2.58. The van der Waals surface area contributed by atoms with E-state index in [0.717, 1.165) is 72.9 Å². The molecule has 86 heavy (non-hydrogen) atoms. The van der Waals surface area contributed by atoms with E-state index in [0.29, 0.717) is 0 Å². The lowest BCUT2D eigenvalue weighted by atomic mass is 9.43. The van der Waals surface area contributed by atoms with E-state index in [1.165, 1.54) is 77.8 Å². The van der Waals surface area contributed by atoms with Crippen molar-refractivity contribution in [3.8, 4) is 44.5 Å². The van der Waals surface area contributed by atoms with Gasteiger partial charge in [0.15, 0.2) is 0 Å². The van der Waals surface area contributed by atoms with Crippen molar-refractivity contribution >= 4 is 85.2 Å². The molecule has 2 aliphatic heterocycles. The average molecular weight is 1110 g/mol. The smallest absolute Gasteiger partial charge is 0.333 e. The molecule has 4 nitrogen and oxygen atoms in total. The number of rotatable bonds is 7. The molecule has 0 saturated carbocycles. The fourth-order valence-corrected chi connectivity index (χ4v) is 14.2. The van der Waals surface area contributed by atoms with Gasteiger partial charge in [-0.3, -0.25) is 0 Å². The summed E-state index contributed by atoms with van der Waals surface area (Å²) in [6.07, 6.45) is 0. The van der Waals surface area contributed by atoms with Gasteiger partial charge in [0.25, 0.3) is 0 Å². The lowest BCUT2D eigenvalue weighted by molar-refractivity contribution is 0.590. The maximum atomic E-state index is 7.35. The Balaban J connectivity index is 1.01. The quantitative estimate of drug-likeness (QED) is 0.148. The minimum Gasteiger partial charge on any atom is -0.455 e. The molecule has 15 rings (SSSR count). The molecule has 0 saturated heterocycles. The Labute approximate surface area is 508 Å². The molecule has 11 aromatic carbocycles. The van der Waals surface area contributed by atoms with E-state index >= 15 is 0 Å². The van der Waals surface area contributed by atoms with E-state index < -0.39 is 0 Å². The largest absolute Gasteiger partial charge is 0.455 e. The second-order valence-corrected chi connectivity index (χ2v) is 27.8. The Morgan fingerprint density at radius 1 is 0.395 bits per heavy atom. The van der Waals surface area contributed by atoms with Crippen LogP contribution >= 0.6 is 0 Å². The highest BCUT2D eigenvalue weighted by Gasteiger charge is 2.48. The Morgan fingerprint density at radius 2 is 0.907 bits per heavy atom. The molecule has 0 N–H and O–H groups in total. The first-order valence-corrected chi connectivity index (χ1v) is 30.7. The van der Waals surface area contributed by atoms with Crippen LogP contribution in [0.5, 0.6) is 0 Å². The molecule has 12 aromatic rings. The summed E-state index contributed by atoms with van der Waals surface area (Å²) in [5, 5.41) is 2.21. The van der Waals surface area contributed by atoms with Crippen LogP contribution in [0.25, 0.3) is 66.4 Å². The second kappa shape index (κ2) is 19.4. The molecule has 0 fully saturated rings. The molecule has 0 bridgehead atoms. The molecule has 0 spiro atoms. The minimum atomic E-state index is -0.335. The molecule has 5 heteroatoms. The summed E-state index contributed by atoms with van der Waals surface area (Å²) < 4.78 is 7.35. The van der Waals surface area contributed by atoms with Crippen LogP contribution in [0, 0.1) is 0 Å². The standard InChI is InChI=1S/C81H72BN3O/c1-78(2,3)55-29-37-58(38-30-55)83(59-39-31-56(32-40-59)79(4,5)6)62-43-44-68-64(47-62)65-48-67-72(50-69(65)81(68,10)11)85(61-41-33-57(34-42-61)80(7,8)9)82-70-46-54(52-22-16-13-17-23-52)28-45-71(70)84(60-35-26-53(27-36-60)51-20-14-12-15-21-51)73-49-66-63-24-18-19-25-74(63)86-77(66)75(67)76(73)82/h12-50H,1-11H3. The predicted octanol–water partition coefficient (Wildman–Crippen LogP) is 21.3. The summed E-state index contributed by atoms with van der Waals surface area (Å²) in [6, 6.07) is 89.2. The topological polar surface area (TPSA) is 22.9 Å². The number of anilines is 8. The SMILES string of the molecule is CC(C)(C)c1ccc(N2B3c4cc(-c5ccccc5)ccc4N(c4ccc(-c5ccccc5)cc4)c4cc5c(oc6ccccc65)c(c43)-c3cc4c(cc32)C(C)(C)c2ccc(N(c3ccc(C(C)(C)C)cc3)c3ccc(C(C)(C)C)cc3)cc2-4)cc1. The van der Waals surface area contributed by atoms with Gasteiger partial charge in [-0.05, 0) is 179 Å². The zero-order chi connectivity index (χ0) is 59.2. The van der Waals surface area contributed by atoms with Gasteiger partial charge in [-0.15, -0.1) is 0 Å². The molecule has 3 heterocycles. The van der Waals surface area contributed by atoms with Crippen LogP contribution in [0.15, 0.2) is 241 Å². The predicted molar refractivity (Wildman–Crippen MR) is 367 cm³/mol. The fourth-order valence-electron chi connectivity index (χ4n) is 14.2. The molecule has 0 atom stereocenters. The average Bonchev–Trinajstić information content (AvgIpc) is 1.22. The first-order valence-electron chi connectivity index (χ1n) is 30.7. The van der Waals surface area contributed by atoms with E-state index in [-0.39, 0.29) is 28.5 Å². The van der Waals surface area contributed by atoms with Crippen molar-refractivity contribution in [2.24, 2.45) is 0 Å². The molecule has 1 aromatic heterocycles. The van der Waals surface area contributed by atoms with Crippen LogP contribution < -0.4 is 25.5 Å². The number of nitrogens with zero attached hydrogens (tertiary/aromatic N) is 3. The summed E-state index contributed by atoms with van der Waals surface area (Å²) in [5.74, 6) is 0. The first kappa shape index (κ1) is 53.4.